The Balaban J connectivity index is 1.59. The Bertz CT molecular complexity index is 1110. The summed E-state index contributed by atoms with van der Waals surface area (Å²) in [6.45, 7) is 0. The van der Waals surface area contributed by atoms with Crippen molar-refractivity contribution in [3.05, 3.63) is 60.5 Å². The highest BCUT2D eigenvalue weighted by Crippen LogP contribution is 2.38. The lowest BCUT2D eigenvalue weighted by Gasteiger charge is -2.05. The van der Waals surface area contributed by atoms with Crippen LogP contribution >= 0.6 is 0 Å². The molecule has 4 N–H and O–H groups in total. The van der Waals surface area contributed by atoms with Gasteiger partial charge in [-0.2, -0.15) is 0 Å². The first kappa shape index (κ1) is 12.3. The van der Waals surface area contributed by atoms with Gasteiger partial charge in [0.2, 0.25) is 0 Å². The van der Waals surface area contributed by atoms with Crippen LogP contribution in [0.4, 0.5) is 15.9 Å². The molecule has 0 bridgehead atoms. The van der Waals surface area contributed by atoms with Gasteiger partial charge in [0, 0.05) is 33.7 Å². The number of anilines is 2. The maximum atomic E-state index is 13.4. The molecule has 2 heterocycles. The van der Waals surface area contributed by atoms with Crippen LogP contribution < -0.4 is 5.32 Å². The minimum Gasteiger partial charge on any atom is -0.361 e. The molecular weight excluding hydrogens is 291 g/mol. The predicted molar refractivity (Wildman–Crippen MR) is 90.8 cm³/mol. The van der Waals surface area contributed by atoms with Gasteiger partial charge in [0.15, 0.2) is 0 Å². The second kappa shape index (κ2) is 4.39. The second-order valence-corrected chi connectivity index (χ2v) is 5.69. The molecule has 5 rings (SSSR count). The zero-order valence-electron chi connectivity index (χ0n) is 12.1. The van der Waals surface area contributed by atoms with Crippen molar-refractivity contribution >= 4 is 33.2 Å². The average Bonchev–Trinajstić information content (AvgIpc) is 3.22. The fraction of sp³-hybridized carbons (Fsp3) is 0. The van der Waals surface area contributed by atoms with Crippen molar-refractivity contribution in [2.75, 3.05) is 5.32 Å². The summed E-state index contributed by atoms with van der Waals surface area (Å²) in [5.74, 6) is 0.646. The van der Waals surface area contributed by atoms with Crippen molar-refractivity contribution < 1.29 is 4.39 Å². The van der Waals surface area contributed by atoms with Crippen LogP contribution in [0.1, 0.15) is 0 Å². The number of aromatic nitrogens is 3. The maximum Gasteiger partial charge on any atom is 0.132 e. The fourth-order valence-electron chi connectivity index (χ4n) is 3.15. The van der Waals surface area contributed by atoms with Gasteiger partial charge in [-0.1, -0.05) is 0 Å². The molecule has 5 heteroatoms. The van der Waals surface area contributed by atoms with Crippen LogP contribution in [-0.4, -0.2) is 15.2 Å². The number of benzene rings is 2. The van der Waals surface area contributed by atoms with E-state index in [2.05, 4.69) is 26.6 Å². The lowest BCUT2D eigenvalue weighted by atomic mass is 10.2. The number of fused-ring (bicyclic) bond motifs is 4. The van der Waals surface area contributed by atoms with Gasteiger partial charge < -0.3 is 10.3 Å². The molecule has 0 spiro atoms. The lowest BCUT2D eigenvalue weighted by molar-refractivity contribution is 0.630. The third-order valence-electron chi connectivity index (χ3n) is 4.26. The van der Waals surface area contributed by atoms with Crippen molar-refractivity contribution in [3.8, 4) is 11.3 Å². The summed E-state index contributed by atoms with van der Waals surface area (Å²) < 4.78 is 13.4. The molecule has 4 nitrogen and oxygen atoms in total. The minimum atomic E-state index is -0.221. The summed E-state index contributed by atoms with van der Waals surface area (Å²) in [6.07, 6.45) is 1.92. The predicted octanol–water partition coefficient (Wildman–Crippen LogP) is 4.96. The summed E-state index contributed by atoms with van der Waals surface area (Å²) in [5, 5.41) is 12.8. The first-order valence-corrected chi connectivity index (χ1v) is 7.40. The molecule has 0 saturated carbocycles. The summed E-state index contributed by atoms with van der Waals surface area (Å²) in [5.41, 5.74) is 4.09. The monoisotopic (exact) mass is 304 g/mol. The van der Waals surface area contributed by atoms with Crippen molar-refractivity contribution in [1.82, 2.24) is 15.2 Å². The van der Waals surface area contributed by atoms with Crippen LogP contribution in [0.25, 0.3) is 32.9 Å². The molecular formula is C18H13FN4. The van der Waals surface area contributed by atoms with Gasteiger partial charge in [0.25, 0.3) is 0 Å². The first-order chi connectivity index (χ1) is 11.3. The van der Waals surface area contributed by atoms with Crippen molar-refractivity contribution in [2.45, 2.75) is 0 Å². The molecule has 0 radical (unpaired) electrons. The SMILES string of the molecule is Fc1ccc2c3[nH][nH]c(Nc4ccc5[nH]ccc5c4)c-3cc2c1. The number of rotatable bonds is 2. The molecule has 0 saturated heterocycles. The van der Waals surface area contributed by atoms with Gasteiger partial charge in [0.05, 0.1) is 5.69 Å². The highest BCUT2D eigenvalue weighted by Gasteiger charge is 2.17. The van der Waals surface area contributed by atoms with Crippen LogP contribution in [0.5, 0.6) is 0 Å². The molecule has 1 aromatic heterocycles. The number of H-pyrrole nitrogens is 3. The Hall–Kier alpha value is -3.21. The second-order valence-electron chi connectivity index (χ2n) is 5.69. The van der Waals surface area contributed by atoms with Crippen molar-refractivity contribution in [3.63, 3.8) is 0 Å². The van der Waals surface area contributed by atoms with E-state index in [4.69, 9.17) is 0 Å². The first-order valence-electron chi connectivity index (χ1n) is 7.40. The number of halogens is 1. The van der Waals surface area contributed by atoms with Gasteiger partial charge in [-0.25, -0.2) is 4.39 Å². The molecule has 112 valence electrons. The molecule has 1 aliphatic carbocycles. The quantitative estimate of drug-likeness (QED) is 0.366. The normalized spacial score (nSPS) is 11.7. The zero-order chi connectivity index (χ0) is 15.4. The molecule has 3 aromatic rings. The van der Waals surface area contributed by atoms with Crippen LogP contribution in [0, 0.1) is 5.82 Å². The summed E-state index contributed by atoms with van der Waals surface area (Å²) >= 11 is 0. The number of hydrogen-bond donors (Lipinski definition) is 4. The van der Waals surface area contributed by atoms with E-state index >= 15 is 0 Å². The van der Waals surface area contributed by atoms with E-state index in [0.717, 1.165) is 44.4 Å². The smallest absolute Gasteiger partial charge is 0.132 e. The molecule has 0 fully saturated rings. The molecule has 1 aliphatic heterocycles. The zero-order valence-corrected chi connectivity index (χ0v) is 12.1. The molecule has 2 aromatic carbocycles. The van der Waals surface area contributed by atoms with E-state index in [1.165, 1.54) is 6.07 Å². The molecule has 0 unspecified atom stereocenters. The maximum absolute atomic E-state index is 13.4. The van der Waals surface area contributed by atoms with Gasteiger partial charge in [-0.05, 0) is 53.9 Å². The Morgan fingerprint density at radius 1 is 0.870 bits per heavy atom. The Labute approximate surface area is 130 Å². The van der Waals surface area contributed by atoms with E-state index < -0.39 is 0 Å². The van der Waals surface area contributed by atoms with Crippen LogP contribution in [0.3, 0.4) is 0 Å². The Morgan fingerprint density at radius 2 is 1.83 bits per heavy atom. The third-order valence-corrected chi connectivity index (χ3v) is 4.26. The van der Waals surface area contributed by atoms with Crippen LogP contribution in [-0.2, 0) is 0 Å². The Morgan fingerprint density at radius 3 is 2.78 bits per heavy atom. The molecule has 23 heavy (non-hydrogen) atoms. The van der Waals surface area contributed by atoms with Gasteiger partial charge in [-0.15, -0.1) is 0 Å². The van der Waals surface area contributed by atoms with E-state index in [1.807, 2.05) is 30.5 Å². The van der Waals surface area contributed by atoms with Crippen molar-refractivity contribution in [1.29, 1.82) is 0 Å². The Kier molecular flexibility index (Phi) is 2.36. The van der Waals surface area contributed by atoms with E-state index in [1.54, 1.807) is 12.1 Å². The van der Waals surface area contributed by atoms with Gasteiger partial charge in [0.1, 0.15) is 11.6 Å². The molecule has 0 atom stereocenters. The third kappa shape index (κ3) is 1.83. The average molecular weight is 304 g/mol. The van der Waals surface area contributed by atoms with Crippen molar-refractivity contribution in [2.24, 2.45) is 0 Å². The summed E-state index contributed by atoms with van der Waals surface area (Å²) in [6, 6.07) is 15.0. The highest BCUT2D eigenvalue weighted by atomic mass is 19.1. The number of hydrogen-bond acceptors (Lipinski definition) is 1. The minimum absolute atomic E-state index is 0.221. The molecule has 0 amide bonds. The molecule has 2 aliphatic rings. The standard InChI is InChI=1S/C18H13FN4/c19-12-1-3-14-11(7-12)9-15-17(14)22-23-18(15)21-13-2-4-16-10(8-13)5-6-20-16/h1-9,20-23H. The van der Waals surface area contributed by atoms with Crippen LogP contribution in [0.2, 0.25) is 0 Å². The lowest BCUT2D eigenvalue weighted by Crippen LogP contribution is -1.91. The topological polar surface area (TPSA) is 59.4 Å². The van der Waals surface area contributed by atoms with Gasteiger partial charge in [-0.3, -0.25) is 10.2 Å². The van der Waals surface area contributed by atoms with E-state index in [9.17, 15) is 4.39 Å². The number of aromatic amines is 3. The van der Waals surface area contributed by atoms with Gasteiger partial charge >= 0.3 is 0 Å². The van der Waals surface area contributed by atoms with E-state index in [0.29, 0.717) is 0 Å². The van der Waals surface area contributed by atoms with Crippen LogP contribution in [0.15, 0.2) is 54.7 Å². The summed E-state index contributed by atoms with van der Waals surface area (Å²) in [7, 11) is 0. The largest absolute Gasteiger partial charge is 0.361 e. The fourth-order valence-corrected chi connectivity index (χ4v) is 3.15. The highest BCUT2D eigenvalue weighted by molar-refractivity contribution is 6.04. The number of nitrogens with one attached hydrogen (secondary N) is 4. The van der Waals surface area contributed by atoms with E-state index in [-0.39, 0.29) is 5.82 Å². The summed E-state index contributed by atoms with van der Waals surface area (Å²) in [4.78, 5) is 3.18.